The molecule has 2 atom stereocenters. The Balaban J connectivity index is 2.99. The third kappa shape index (κ3) is 2.52. The smallest absolute Gasteiger partial charge is 0.246 e. The molecule has 1 N–H and O–H groups in total. The minimum Gasteiger partial charge on any atom is -0.343 e. The molecule has 2 amide bonds. The SMILES string of the molecule is CCC(CC)CN1C(=O)C(C)NC(=O)C1(C)CC. The fraction of sp³-hybridized carbons (Fsp3) is 0.857. The lowest BCUT2D eigenvalue weighted by atomic mass is 9.88. The first kappa shape index (κ1) is 15.0. The van der Waals surface area contributed by atoms with Crippen LogP contribution in [0, 0.1) is 5.92 Å². The highest BCUT2D eigenvalue weighted by atomic mass is 16.2. The van der Waals surface area contributed by atoms with E-state index in [-0.39, 0.29) is 11.8 Å². The van der Waals surface area contributed by atoms with Crippen LogP contribution in [-0.4, -0.2) is 34.8 Å². The molecule has 4 heteroatoms. The summed E-state index contributed by atoms with van der Waals surface area (Å²) in [6.45, 7) is 10.5. The molecule has 0 aliphatic carbocycles. The number of hydrogen-bond acceptors (Lipinski definition) is 2. The Morgan fingerprint density at radius 1 is 1.28 bits per heavy atom. The molecule has 2 unspecified atom stereocenters. The van der Waals surface area contributed by atoms with Crippen LogP contribution in [-0.2, 0) is 9.59 Å². The number of carbonyl (C=O) groups is 2. The van der Waals surface area contributed by atoms with E-state index in [1.165, 1.54) is 0 Å². The van der Waals surface area contributed by atoms with Crippen molar-refractivity contribution in [2.45, 2.75) is 65.5 Å². The largest absolute Gasteiger partial charge is 0.343 e. The van der Waals surface area contributed by atoms with Gasteiger partial charge in [0.25, 0.3) is 0 Å². The van der Waals surface area contributed by atoms with Gasteiger partial charge in [-0.15, -0.1) is 0 Å². The number of hydrogen-bond donors (Lipinski definition) is 1. The normalized spacial score (nSPS) is 28.8. The molecule has 0 aromatic carbocycles. The van der Waals surface area contributed by atoms with Gasteiger partial charge in [-0.3, -0.25) is 9.59 Å². The molecule has 4 nitrogen and oxygen atoms in total. The van der Waals surface area contributed by atoms with Crippen LogP contribution in [0.3, 0.4) is 0 Å². The Kier molecular flexibility index (Phi) is 4.77. The minimum atomic E-state index is -0.688. The van der Waals surface area contributed by atoms with Gasteiger partial charge in [0.2, 0.25) is 11.8 Å². The highest BCUT2D eigenvalue weighted by molar-refractivity contribution is 5.99. The van der Waals surface area contributed by atoms with E-state index in [0.29, 0.717) is 18.9 Å². The highest BCUT2D eigenvalue weighted by Crippen LogP contribution is 2.27. The third-order valence-corrected chi connectivity index (χ3v) is 4.35. The lowest BCUT2D eigenvalue weighted by Gasteiger charge is -2.46. The number of piperazine rings is 1. The van der Waals surface area contributed by atoms with Gasteiger partial charge in [0.1, 0.15) is 11.6 Å². The standard InChI is InChI=1S/C14H26N2O2/c1-6-11(7-2)9-16-12(17)10(4)15-13(18)14(16,5)8-3/h10-11H,6-9H2,1-5H3,(H,15,18). The van der Waals surface area contributed by atoms with Crippen molar-refractivity contribution >= 4 is 11.8 Å². The van der Waals surface area contributed by atoms with Gasteiger partial charge in [-0.25, -0.2) is 0 Å². The molecule has 0 aromatic rings. The summed E-state index contributed by atoms with van der Waals surface area (Å²) < 4.78 is 0. The summed E-state index contributed by atoms with van der Waals surface area (Å²) in [5.41, 5.74) is -0.688. The van der Waals surface area contributed by atoms with E-state index in [1.54, 1.807) is 11.8 Å². The Hall–Kier alpha value is -1.06. The molecule has 0 radical (unpaired) electrons. The molecule has 104 valence electrons. The van der Waals surface area contributed by atoms with Crippen molar-refractivity contribution < 1.29 is 9.59 Å². The zero-order chi connectivity index (χ0) is 13.9. The van der Waals surface area contributed by atoms with E-state index in [1.807, 2.05) is 13.8 Å². The van der Waals surface area contributed by atoms with E-state index in [2.05, 4.69) is 19.2 Å². The van der Waals surface area contributed by atoms with Gasteiger partial charge in [0.05, 0.1) is 0 Å². The average Bonchev–Trinajstić information content (AvgIpc) is 2.37. The highest BCUT2D eigenvalue weighted by Gasteiger charge is 2.47. The second-order valence-electron chi connectivity index (χ2n) is 5.45. The topological polar surface area (TPSA) is 49.4 Å². The maximum Gasteiger partial charge on any atom is 0.246 e. The maximum absolute atomic E-state index is 12.3. The molecule has 0 bridgehead atoms. The monoisotopic (exact) mass is 254 g/mol. The predicted octanol–water partition coefficient (Wildman–Crippen LogP) is 1.94. The fourth-order valence-electron chi connectivity index (χ4n) is 2.46. The second kappa shape index (κ2) is 5.72. The number of amides is 2. The summed E-state index contributed by atoms with van der Waals surface area (Å²) in [7, 11) is 0. The van der Waals surface area contributed by atoms with Crippen molar-refractivity contribution in [1.82, 2.24) is 10.2 Å². The van der Waals surface area contributed by atoms with Crippen molar-refractivity contribution in [3.05, 3.63) is 0 Å². The molecule has 1 saturated heterocycles. The van der Waals surface area contributed by atoms with Crippen LogP contribution in [0.15, 0.2) is 0 Å². The van der Waals surface area contributed by atoms with Gasteiger partial charge in [0, 0.05) is 6.54 Å². The van der Waals surface area contributed by atoms with Crippen molar-refractivity contribution in [3.63, 3.8) is 0 Å². The summed E-state index contributed by atoms with van der Waals surface area (Å²) in [5, 5.41) is 2.78. The van der Waals surface area contributed by atoms with Crippen LogP contribution in [0.25, 0.3) is 0 Å². The van der Waals surface area contributed by atoms with Crippen LogP contribution in [0.1, 0.15) is 53.9 Å². The molecule has 1 heterocycles. The molecule has 0 saturated carbocycles. The van der Waals surface area contributed by atoms with Crippen molar-refractivity contribution in [2.24, 2.45) is 5.92 Å². The summed E-state index contributed by atoms with van der Waals surface area (Å²) in [6.07, 6.45) is 2.73. The summed E-state index contributed by atoms with van der Waals surface area (Å²) in [5.74, 6) is 0.492. The zero-order valence-corrected chi connectivity index (χ0v) is 12.2. The lowest BCUT2D eigenvalue weighted by molar-refractivity contribution is -0.157. The summed E-state index contributed by atoms with van der Waals surface area (Å²) in [4.78, 5) is 26.3. The molecule has 1 aliphatic rings. The zero-order valence-electron chi connectivity index (χ0n) is 12.2. The molecule has 1 rings (SSSR count). The Bertz CT molecular complexity index is 326. The van der Waals surface area contributed by atoms with Gasteiger partial charge >= 0.3 is 0 Å². The van der Waals surface area contributed by atoms with Crippen LogP contribution in [0.4, 0.5) is 0 Å². The third-order valence-electron chi connectivity index (χ3n) is 4.35. The van der Waals surface area contributed by atoms with Crippen LogP contribution >= 0.6 is 0 Å². The van der Waals surface area contributed by atoms with Crippen LogP contribution < -0.4 is 5.32 Å². The Morgan fingerprint density at radius 2 is 1.83 bits per heavy atom. The number of carbonyl (C=O) groups excluding carboxylic acids is 2. The van der Waals surface area contributed by atoms with Crippen LogP contribution in [0.2, 0.25) is 0 Å². The molecule has 1 aliphatic heterocycles. The van der Waals surface area contributed by atoms with Gasteiger partial charge in [-0.2, -0.15) is 0 Å². The van der Waals surface area contributed by atoms with E-state index >= 15 is 0 Å². The molecular formula is C14H26N2O2. The molecular weight excluding hydrogens is 228 g/mol. The first-order chi connectivity index (χ1) is 8.40. The number of nitrogens with one attached hydrogen (secondary N) is 1. The van der Waals surface area contributed by atoms with E-state index in [4.69, 9.17) is 0 Å². The maximum atomic E-state index is 12.3. The first-order valence-corrected chi connectivity index (χ1v) is 7.03. The van der Waals surface area contributed by atoms with E-state index in [0.717, 1.165) is 12.8 Å². The average molecular weight is 254 g/mol. The Labute approximate surface area is 110 Å². The molecule has 18 heavy (non-hydrogen) atoms. The minimum absolute atomic E-state index is 0.0249. The van der Waals surface area contributed by atoms with Gasteiger partial charge in [0.15, 0.2) is 0 Å². The first-order valence-electron chi connectivity index (χ1n) is 7.03. The van der Waals surface area contributed by atoms with Crippen molar-refractivity contribution in [2.75, 3.05) is 6.54 Å². The second-order valence-corrected chi connectivity index (χ2v) is 5.45. The number of rotatable bonds is 5. The quantitative estimate of drug-likeness (QED) is 0.815. The van der Waals surface area contributed by atoms with Gasteiger partial charge in [-0.1, -0.05) is 33.6 Å². The lowest BCUT2D eigenvalue weighted by Crippen LogP contribution is -2.69. The van der Waals surface area contributed by atoms with Crippen LogP contribution in [0.5, 0.6) is 0 Å². The van der Waals surface area contributed by atoms with E-state index in [9.17, 15) is 9.59 Å². The van der Waals surface area contributed by atoms with E-state index < -0.39 is 11.6 Å². The predicted molar refractivity (Wildman–Crippen MR) is 72.1 cm³/mol. The van der Waals surface area contributed by atoms with Gasteiger partial charge < -0.3 is 10.2 Å². The summed E-state index contributed by atoms with van der Waals surface area (Å²) in [6, 6.07) is -0.397. The molecule has 1 fully saturated rings. The van der Waals surface area contributed by atoms with Crippen molar-refractivity contribution in [3.8, 4) is 0 Å². The van der Waals surface area contributed by atoms with Gasteiger partial charge in [-0.05, 0) is 26.2 Å². The Morgan fingerprint density at radius 3 is 2.28 bits per heavy atom. The van der Waals surface area contributed by atoms with Crippen molar-refractivity contribution in [1.29, 1.82) is 0 Å². The fourth-order valence-corrected chi connectivity index (χ4v) is 2.46. The molecule has 0 aromatic heterocycles. The molecule has 0 spiro atoms. The summed E-state index contributed by atoms with van der Waals surface area (Å²) >= 11 is 0. The number of nitrogens with zero attached hydrogens (tertiary/aromatic N) is 1.